The normalized spacial score (nSPS) is 14.7. The zero-order valence-corrected chi connectivity index (χ0v) is 15.4. The number of anilines is 1. The molecule has 1 fully saturated rings. The van der Waals surface area contributed by atoms with Crippen LogP contribution in [-0.4, -0.2) is 15.9 Å². The Bertz CT molecular complexity index is 668. The fourth-order valence-corrected chi connectivity index (χ4v) is 2.86. The van der Waals surface area contributed by atoms with Gasteiger partial charge in [-0.05, 0) is 37.0 Å². The van der Waals surface area contributed by atoms with Crippen LogP contribution in [-0.2, 0) is 5.54 Å². The first-order valence-electron chi connectivity index (χ1n) is 8.00. The fourth-order valence-electron chi connectivity index (χ4n) is 2.59. The molecule has 6 nitrogen and oxygen atoms in total. The van der Waals surface area contributed by atoms with Crippen molar-refractivity contribution in [3.8, 4) is 0 Å². The van der Waals surface area contributed by atoms with E-state index in [1.165, 1.54) is 18.0 Å². The van der Waals surface area contributed by atoms with Gasteiger partial charge < -0.3 is 5.32 Å². The molecule has 2 aromatic rings. The van der Waals surface area contributed by atoms with Crippen LogP contribution < -0.4 is 16.6 Å². The minimum absolute atomic E-state index is 0.127. The van der Waals surface area contributed by atoms with Crippen LogP contribution in [0.4, 0.5) is 5.95 Å². The molecular weight excluding hydrogens is 370 g/mol. The first-order chi connectivity index (χ1) is 11.6. The lowest BCUT2D eigenvalue weighted by atomic mass is 9.72. The molecule has 1 amide bonds. The smallest absolute Gasteiger partial charge is 0.268 e. The molecule has 1 heterocycles. The number of nitrogens with zero attached hydrogens (tertiary/aromatic N) is 2. The molecule has 3 rings (SSSR count). The number of hydrazine groups is 1. The van der Waals surface area contributed by atoms with Crippen molar-refractivity contribution in [2.24, 2.45) is 5.84 Å². The Kier molecular flexibility index (Phi) is 6.28. The number of hydrogen-bond acceptors (Lipinski definition) is 5. The van der Waals surface area contributed by atoms with Crippen LogP contribution in [0.25, 0.3) is 0 Å². The summed E-state index contributed by atoms with van der Waals surface area (Å²) < 4.78 is 1.05. The van der Waals surface area contributed by atoms with E-state index < -0.39 is 5.91 Å². The van der Waals surface area contributed by atoms with E-state index in [0.29, 0.717) is 11.5 Å². The van der Waals surface area contributed by atoms with Crippen LogP contribution in [0.2, 0.25) is 0 Å². The molecule has 1 saturated carbocycles. The Morgan fingerprint density at radius 3 is 2.21 bits per heavy atom. The van der Waals surface area contributed by atoms with Crippen molar-refractivity contribution in [3.63, 3.8) is 0 Å². The summed E-state index contributed by atoms with van der Waals surface area (Å²) in [5.41, 5.74) is 3.48. The third kappa shape index (κ3) is 3.91. The predicted molar refractivity (Wildman–Crippen MR) is 98.3 cm³/mol. The van der Waals surface area contributed by atoms with Crippen molar-refractivity contribution < 1.29 is 4.79 Å². The summed E-state index contributed by atoms with van der Waals surface area (Å²) >= 11 is 3.45. The molecule has 1 aliphatic carbocycles. The second-order valence-electron chi connectivity index (χ2n) is 5.34. The largest absolute Gasteiger partial charge is 0.345 e. The van der Waals surface area contributed by atoms with Crippen molar-refractivity contribution in [2.75, 3.05) is 5.32 Å². The molecule has 128 valence electrons. The minimum Gasteiger partial charge on any atom is -0.345 e. The maximum Gasteiger partial charge on any atom is 0.268 e. The molecule has 24 heavy (non-hydrogen) atoms. The van der Waals surface area contributed by atoms with Gasteiger partial charge in [-0.15, -0.1) is 0 Å². The van der Waals surface area contributed by atoms with E-state index in [1.54, 1.807) is 0 Å². The Morgan fingerprint density at radius 2 is 1.75 bits per heavy atom. The number of carbonyl (C=O) groups is 1. The molecule has 0 spiro atoms. The van der Waals surface area contributed by atoms with Crippen LogP contribution in [0.1, 0.15) is 49.0 Å². The Balaban J connectivity index is 0.00000100. The third-order valence-electron chi connectivity index (χ3n) is 4.00. The van der Waals surface area contributed by atoms with E-state index >= 15 is 0 Å². The summed E-state index contributed by atoms with van der Waals surface area (Å²) in [6.07, 6.45) is 6.15. The molecule has 0 atom stereocenters. The number of nitrogens with one attached hydrogen (secondary N) is 2. The van der Waals surface area contributed by atoms with Crippen molar-refractivity contribution in [2.45, 2.75) is 38.6 Å². The molecular formula is C17H22BrN5O. The highest BCUT2D eigenvalue weighted by molar-refractivity contribution is 9.10. The van der Waals surface area contributed by atoms with Crippen LogP contribution in [0.3, 0.4) is 0 Å². The Hall–Kier alpha value is -1.99. The average Bonchev–Trinajstić information content (AvgIpc) is 2.60. The van der Waals surface area contributed by atoms with Gasteiger partial charge in [0.15, 0.2) is 0 Å². The van der Waals surface area contributed by atoms with Crippen molar-refractivity contribution >= 4 is 27.8 Å². The summed E-state index contributed by atoms with van der Waals surface area (Å²) in [7, 11) is 0. The maximum absolute atomic E-state index is 11.4. The molecule has 0 bridgehead atoms. The highest BCUT2D eigenvalue weighted by atomic mass is 79.9. The number of nitrogens with two attached hydrogens (primary N) is 1. The number of nitrogen functional groups attached to an aromatic ring is 1. The standard InChI is InChI=1S/C15H16BrN5O.C2H6/c16-12-4-2-11(3-5-12)15(6-1-7-15)20-14-18-8-10(9-19-14)13(22)21-17;1-2/h2-5,8-9H,1,6-7,17H2,(H,21,22)(H,18,19,20);1-2H3. The van der Waals surface area contributed by atoms with Crippen LogP contribution in [0.5, 0.6) is 0 Å². The first kappa shape index (κ1) is 18.4. The number of halogens is 1. The van der Waals surface area contributed by atoms with Gasteiger partial charge in [-0.1, -0.05) is 41.9 Å². The quantitative estimate of drug-likeness (QED) is 0.422. The van der Waals surface area contributed by atoms with E-state index in [0.717, 1.165) is 23.7 Å². The lowest BCUT2D eigenvalue weighted by Gasteiger charge is -2.43. The van der Waals surface area contributed by atoms with Gasteiger partial charge >= 0.3 is 0 Å². The number of carbonyl (C=O) groups excluding carboxylic acids is 1. The van der Waals surface area contributed by atoms with Crippen molar-refractivity contribution in [1.29, 1.82) is 0 Å². The Morgan fingerprint density at radius 1 is 1.17 bits per heavy atom. The average molecular weight is 392 g/mol. The van der Waals surface area contributed by atoms with E-state index in [1.807, 2.05) is 26.0 Å². The van der Waals surface area contributed by atoms with Gasteiger partial charge in [-0.2, -0.15) is 0 Å². The predicted octanol–water partition coefficient (Wildman–Crippen LogP) is 3.36. The third-order valence-corrected chi connectivity index (χ3v) is 4.53. The Labute approximate surface area is 150 Å². The molecule has 1 aliphatic rings. The second-order valence-corrected chi connectivity index (χ2v) is 6.25. The van der Waals surface area contributed by atoms with Gasteiger partial charge in [-0.3, -0.25) is 10.2 Å². The molecule has 1 aromatic heterocycles. The molecule has 0 aliphatic heterocycles. The molecule has 7 heteroatoms. The maximum atomic E-state index is 11.4. The zero-order chi connectivity index (χ0) is 17.6. The SMILES string of the molecule is CC.NNC(=O)c1cnc(NC2(c3ccc(Br)cc3)CCC2)nc1. The fraction of sp³-hybridized carbons (Fsp3) is 0.353. The van der Waals surface area contributed by atoms with Gasteiger partial charge in [0.25, 0.3) is 5.91 Å². The molecule has 0 saturated heterocycles. The number of aromatic nitrogens is 2. The molecule has 0 unspecified atom stereocenters. The lowest BCUT2D eigenvalue weighted by molar-refractivity contribution is 0.0953. The van der Waals surface area contributed by atoms with Crippen molar-refractivity contribution in [1.82, 2.24) is 15.4 Å². The van der Waals surface area contributed by atoms with E-state index in [9.17, 15) is 4.79 Å². The summed E-state index contributed by atoms with van der Waals surface area (Å²) in [5, 5.41) is 3.41. The molecule has 1 aromatic carbocycles. The van der Waals surface area contributed by atoms with Crippen LogP contribution >= 0.6 is 15.9 Å². The van der Waals surface area contributed by atoms with Crippen molar-refractivity contribution in [3.05, 3.63) is 52.3 Å². The number of benzene rings is 1. The van der Waals surface area contributed by atoms with Gasteiger partial charge in [0.1, 0.15) is 0 Å². The van der Waals surface area contributed by atoms with Gasteiger partial charge in [-0.25, -0.2) is 15.8 Å². The summed E-state index contributed by atoms with van der Waals surface area (Å²) in [5.74, 6) is 5.19. The number of hydrogen-bond donors (Lipinski definition) is 3. The number of rotatable bonds is 4. The van der Waals surface area contributed by atoms with Crippen LogP contribution in [0, 0.1) is 0 Å². The summed E-state index contributed by atoms with van der Waals surface area (Å²) in [6.45, 7) is 4.00. The minimum atomic E-state index is -0.405. The second kappa shape index (κ2) is 8.21. The van der Waals surface area contributed by atoms with Gasteiger partial charge in [0, 0.05) is 16.9 Å². The topological polar surface area (TPSA) is 92.9 Å². The lowest BCUT2D eigenvalue weighted by Crippen LogP contribution is -2.42. The van der Waals surface area contributed by atoms with Gasteiger partial charge in [0.05, 0.1) is 11.1 Å². The summed E-state index contributed by atoms with van der Waals surface area (Å²) in [6, 6.07) is 8.28. The monoisotopic (exact) mass is 391 g/mol. The zero-order valence-electron chi connectivity index (χ0n) is 13.8. The molecule has 0 radical (unpaired) electrons. The van der Waals surface area contributed by atoms with Gasteiger partial charge in [0.2, 0.25) is 5.95 Å². The highest BCUT2D eigenvalue weighted by Gasteiger charge is 2.39. The van der Waals surface area contributed by atoms with Crippen LogP contribution in [0.15, 0.2) is 41.1 Å². The van der Waals surface area contributed by atoms with E-state index in [4.69, 9.17) is 5.84 Å². The molecule has 4 N–H and O–H groups in total. The highest BCUT2D eigenvalue weighted by Crippen LogP contribution is 2.43. The summed E-state index contributed by atoms with van der Waals surface area (Å²) in [4.78, 5) is 19.8. The number of amides is 1. The van der Waals surface area contributed by atoms with E-state index in [-0.39, 0.29) is 5.54 Å². The first-order valence-corrected chi connectivity index (χ1v) is 8.79. The van der Waals surface area contributed by atoms with E-state index in [2.05, 4.69) is 48.8 Å².